The van der Waals surface area contributed by atoms with Gasteiger partial charge in [0.05, 0.1) is 5.69 Å². The Hall–Kier alpha value is -6.70. The highest BCUT2D eigenvalue weighted by Gasteiger charge is 2.22. The predicted octanol–water partition coefficient (Wildman–Crippen LogP) is 14.1. The molecule has 9 rings (SSSR count). The molecule has 0 fully saturated rings. The molecule has 0 heterocycles. The van der Waals surface area contributed by atoms with E-state index in [1.807, 2.05) is 0 Å². The number of nitrogens with zero attached hydrogens (tertiary/aromatic N) is 1. The fourth-order valence-electron chi connectivity index (χ4n) is 7.36. The molecule has 0 saturated carbocycles. The lowest BCUT2D eigenvalue weighted by Gasteiger charge is -2.30. The first-order valence-electron chi connectivity index (χ1n) is 17.5. The molecule has 0 aliphatic carbocycles. The van der Waals surface area contributed by atoms with Gasteiger partial charge in [-0.25, -0.2) is 0 Å². The average Bonchev–Trinajstić information content (AvgIpc) is 3.22. The number of hydrogen-bond donors (Lipinski definition) is 0. The molecule has 9 aromatic carbocycles. The Morgan fingerprint density at radius 3 is 1.53 bits per heavy atom. The smallest absolute Gasteiger partial charge is 0.0552 e. The number of rotatable bonds is 7. The van der Waals surface area contributed by atoms with Gasteiger partial charge in [0.15, 0.2) is 0 Å². The average molecular weight is 650 g/mol. The summed E-state index contributed by atoms with van der Waals surface area (Å²) in [4.78, 5) is 2.44. The van der Waals surface area contributed by atoms with Gasteiger partial charge in [0, 0.05) is 16.9 Å². The first-order valence-corrected chi connectivity index (χ1v) is 17.5. The lowest BCUT2D eigenvalue weighted by molar-refractivity contribution is 1.29. The van der Waals surface area contributed by atoms with E-state index in [1.54, 1.807) is 0 Å². The van der Waals surface area contributed by atoms with Crippen LogP contribution in [-0.4, -0.2) is 0 Å². The molecule has 0 saturated heterocycles. The minimum Gasteiger partial charge on any atom is -0.310 e. The monoisotopic (exact) mass is 649 g/mol. The Kier molecular flexibility index (Phi) is 7.92. The van der Waals surface area contributed by atoms with Gasteiger partial charge in [-0.3, -0.25) is 0 Å². The summed E-state index contributed by atoms with van der Waals surface area (Å²) in [6.45, 7) is 0. The van der Waals surface area contributed by atoms with E-state index in [-0.39, 0.29) is 0 Å². The lowest BCUT2D eigenvalue weighted by Crippen LogP contribution is -2.12. The van der Waals surface area contributed by atoms with E-state index in [4.69, 9.17) is 0 Å². The number of fused-ring (bicyclic) bond motifs is 2. The van der Waals surface area contributed by atoms with E-state index in [0.29, 0.717) is 0 Å². The first-order chi connectivity index (χ1) is 25.3. The van der Waals surface area contributed by atoms with Crippen molar-refractivity contribution in [1.29, 1.82) is 0 Å². The van der Waals surface area contributed by atoms with Crippen LogP contribution in [0.2, 0.25) is 0 Å². The van der Waals surface area contributed by atoms with Gasteiger partial charge in [0.1, 0.15) is 0 Å². The minimum absolute atomic E-state index is 1.09. The van der Waals surface area contributed by atoms with E-state index in [9.17, 15) is 0 Å². The number of benzene rings is 9. The fraction of sp³-hybridized carbons (Fsp3) is 0. The zero-order chi connectivity index (χ0) is 34.0. The van der Waals surface area contributed by atoms with E-state index >= 15 is 0 Å². The van der Waals surface area contributed by atoms with Crippen LogP contribution >= 0.6 is 0 Å². The standard InChI is InChI=1S/C50H35N/c1-4-15-36(16-5-1)38-29-31-44(32-30-38)51(45-24-14-23-42(34-45)43-28-27-37-17-10-11-22-41(37)33-43)49-35-48(39-18-6-2-7-19-39)46-25-12-13-26-47(46)50(49)40-20-8-3-9-21-40/h1-35H. The number of anilines is 3. The molecule has 0 amide bonds. The third-order valence-corrected chi connectivity index (χ3v) is 9.83. The van der Waals surface area contributed by atoms with Gasteiger partial charge >= 0.3 is 0 Å². The highest BCUT2D eigenvalue weighted by Crippen LogP contribution is 2.48. The van der Waals surface area contributed by atoms with Gasteiger partial charge in [-0.05, 0) is 96.9 Å². The van der Waals surface area contributed by atoms with Crippen LogP contribution in [0.25, 0.3) is 66.1 Å². The Bertz CT molecular complexity index is 2610. The number of hydrogen-bond acceptors (Lipinski definition) is 1. The maximum atomic E-state index is 2.44. The highest BCUT2D eigenvalue weighted by atomic mass is 15.1. The SMILES string of the molecule is c1ccc(-c2ccc(N(c3cccc(-c4ccc5ccccc5c4)c3)c3cc(-c4ccccc4)c4ccccc4c3-c3ccccc3)cc2)cc1. The summed E-state index contributed by atoms with van der Waals surface area (Å²) in [5.41, 5.74) is 12.9. The molecule has 0 aromatic heterocycles. The normalized spacial score (nSPS) is 11.1. The third-order valence-electron chi connectivity index (χ3n) is 9.83. The van der Waals surface area contributed by atoms with Gasteiger partial charge in [-0.15, -0.1) is 0 Å². The van der Waals surface area contributed by atoms with Crippen molar-refractivity contribution in [2.24, 2.45) is 0 Å². The molecule has 240 valence electrons. The Balaban J connectivity index is 1.32. The summed E-state index contributed by atoms with van der Waals surface area (Å²) in [6, 6.07) is 76.8. The molecule has 0 bridgehead atoms. The molecule has 9 aromatic rings. The minimum atomic E-state index is 1.09. The summed E-state index contributed by atoms with van der Waals surface area (Å²) < 4.78 is 0. The molecule has 1 nitrogen and oxygen atoms in total. The van der Waals surface area contributed by atoms with Gasteiger partial charge in [0.2, 0.25) is 0 Å². The van der Waals surface area contributed by atoms with Crippen LogP contribution in [0.3, 0.4) is 0 Å². The molecule has 0 radical (unpaired) electrons. The molecule has 0 N–H and O–H groups in total. The fourth-order valence-corrected chi connectivity index (χ4v) is 7.36. The molecular weight excluding hydrogens is 615 g/mol. The summed E-state index contributed by atoms with van der Waals surface area (Å²) in [6.07, 6.45) is 0. The second kappa shape index (κ2) is 13.3. The zero-order valence-electron chi connectivity index (χ0n) is 28.2. The van der Waals surface area contributed by atoms with Gasteiger partial charge in [0.25, 0.3) is 0 Å². The second-order valence-corrected chi connectivity index (χ2v) is 13.0. The molecule has 0 atom stereocenters. The molecule has 0 aliphatic heterocycles. The van der Waals surface area contributed by atoms with Crippen LogP contribution in [0.1, 0.15) is 0 Å². The van der Waals surface area contributed by atoms with Crippen LogP contribution < -0.4 is 4.90 Å². The maximum absolute atomic E-state index is 2.44. The Labute approximate surface area is 299 Å². The topological polar surface area (TPSA) is 3.24 Å². The van der Waals surface area contributed by atoms with Crippen molar-refractivity contribution in [3.8, 4) is 44.5 Å². The maximum Gasteiger partial charge on any atom is 0.0552 e. The van der Waals surface area contributed by atoms with Crippen molar-refractivity contribution in [3.05, 3.63) is 212 Å². The van der Waals surface area contributed by atoms with Crippen molar-refractivity contribution in [1.82, 2.24) is 0 Å². The van der Waals surface area contributed by atoms with Crippen LogP contribution in [0, 0.1) is 0 Å². The van der Waals surface area contributed by atoms with Crippen LogP contribution in [0.15, 0.2) is 212 Å². The van der Waals surface area contributed by atoms with Crippen molar-refractivity contribution in [2.45, 2.75) is 0 Å². The van der Waals surface area contributed by atoms with Gasteiger partial charge in [-0.1, -0.05) is 176 Å². The van der Waals surface area contributed by atoms with E-state index in [0.717, 1.165) is 17.1 Å². The first kappa shape index (κ1) is 30.4. The molecule has 51 heavy (non-hydrogen) atoms. The Morgan fingerprint density at radius 2 is 0.804 bits per heavy atom. The predicted molar refractivity (Wildman–Crippen MR) is 218 cm³/mol. The van der Waals surface area contributed by atoms with Crippen LogP contribution in [0.5, 0.6) is 0 Å². The van der Waals surface area contributed by atoms with Gasteiger partial charge < -0.3 is 4.90 Å². The van der Waals surface area contributed by atoms with E-state index < -0.39 is 0 Å². The largest absolute Gasteiger partial charge is 0.310 e. The second-order valence-electron chi connectivity index (χ2n) is 13.0. The summed E-state index contributed by atoms with van der Waals surface area (Å²) in [5, 5.41) is 4.93. The van der Waals surface area contributed by atoms with E-state index in [2.05, 4.69) is 217 Å². The van der Waals surface area contributed by atoms with Crippen LogP contribution in [0.4, 0.5) is 17.1 Å². The van der Waals surface area contributed by atoms with Crippen LogP contribution in [-0.2, 0) is 0 Å². The van der Waals surface area contributed by atoms with Crippen molar-refractivity contribution in [3.63, 3.8) is 0 Å². The third kappa shape index (κ3) is 5.86. The van der Waals surface area contributed by atoms with Gasteiger partial charge in [-0.2, -0.15) is 0 Å². The lowest BCUT2D eigenvalue weighted by atomic mass is 9.89. The molecule has 0 unspecified atom stereocenters. The molecule has 0 spiro atoms. The zero-order valence-corrected chi connectivity index (χ0v) is 28.2. The van der Waals surface area contributed by atoms with Crippen molar-refractivity contribution < 1.29 is 0 Å². The quantitative estimate of drug-likeness (QED) is 0.166. The highest BCUT2D eigenvalue weighted by molar-refractivity contribution is 6.11. The van der Waals surface area contributed by atoms with Crippen molar-refractivity contribution in [2.75, 3.05) is 4.90 Å². The summed E-state index contributed by atoms with van der Waals surface area (Å²) in [5.74, 6) is 0. The molecular formula is C50H35N. The summed E-state index contributed by atoms with van der Waals surface area (Å²) >= 11 is 0. The molecule has 0 aliphatic rings. The summed E-state index contributed by atoms with van der Waals surface area (Å²) in [7, 11) is 0. The van der Waals surface area contributed by atoms with Crippen molar-refractivity contribution >= 4 is 38.6 Å². The van der Waals surface area contributed by atoms with E-state index in [1.165, 1.54) is 66.1 Å². The molecule has 1 heteroatoms. The Morgan fingerprint density at radius 1 is 0.275 bits per heavy atom.